The first-order valence-electron chi connectivity index (χ1n) is 7.17. The number of benzene rings is 1. The minimum atomic E-state index is 0.00226. The van der Waals surface area contributed by atoms with Gasteiger partial charge in [-0.25, -0.2) is 0 Å². The van der Waals surface area contributed by atoms with Crippen molar-refractivity contribution in [2.45, 2.75) is 25.9 Å². The van der Waals surface area contributed by atoms with Gasteiger partial charge in [0.2, 0.25) is 5.91 Å². The zero-order valence-electron chi connectivity index (χ0n) is 12.0. The Bertz CT molecular complexity index is 450. The Morgan fingerprint density at radius 1 is 1.50 bits per heavy atom. The fourth-order valence-electron chi connectivity index (χ4n) is 2.31. The lowest BCUT2D eigenvalue weighted by molar-refractivity contribution is -0.117. The molecule has 1 fully saturated rings. The third kappa shape index (κ3) is 4.21. The lowest BCUT2D eigenvalue weighted by Gasteiger charge is -2.32. The van der Waals surface area contributed by atoms with Crippen LogP contribution in [0.1, 0.15) is 19.8 Å². The fourth-order valence-corrected chi connectivity index (χ4v) is 2.31. The number of para-hydroxylation sites is 2. The number of carbonyl (C=O) groups excluding carboxylic acids is 1. The summed E-state index contributed by atoms with van der Waals surface area (Å²) >= 11 is 0. The maximum Gasteiger partial charge on any atom is 0.225 e. The summed E-state index contributed by atoms with van der Waals surface area (Å²) in [6, 6.07) is 7.31. The van der Waals surface area contributed by atoms with Crippen LogP contribution in [0.5, 0.6) is 0 Å². The standard InChI is InChI=1S/C15H23N3O2/c1-2-12-11-18(9-10-20-12)8-7-15(19)17-14-6-4-3-5-13(14)16/h3-6,12H,2,7-11,16H2,1H3,(H,17,19). The molecule has 1 aromatic rings. The number of ether oxygens (including phenoxy) is 1. The Kier molecular flexibility index (Phi) is 5.38. The van der Waals surface area contributed by atoms with Crippen LogP contribution in [0.4, 0.5) is 11.4 Å². The Morgan fingerprint density at radius 3 is 3.05 bits per heavy atom. The van der Waals surface area contributed by atoms with Crippen molar-refractivity contribution in [3.8, 4) is 0 Å². The molecule has 1 amide bonds. The van der Waals surface area contributed by atoms with Crippen molar-refractivity contribution in [2.75, 3.05) is 37.3 Å². The van der Waals surface area contributed by atoms with Crippen molar-refractivity contribution >= 4 is 17.3 Å². The predicted molar refractivity (Wildman–Crippen MR) is 80.6 cm³/mol. The number of morpholine rings is 1. The largest absolute Gasteiger partial charge is 0.397 e. The molecule has 0 bridgehead atoms. The van der Waals surface area contributed by atoms with Crippen LogP contribution in [0.3, 0.4) is 0 Å². The SMILES string of the molecule is CCC1CN(CCC(=O)Nc2ccccc2N)CCO1. The van der Waals surface area contributed by atoms with E-state index in [1.807, 2.05) is 18.2 Å². The van der Waals surface area contributed by atoms with Gasteiger partial charge in [0.05, 0.1) is 24.1 Å². The number of nitrogens with zero attached hydrogens (tertiary/aromatic N) is 1. The van der Waals surface area contributed by atoms with Crippen LogP contribution in [0.15, 0.2) is 24.3 Å². The summed E-state index contributed by atoms with van der Waals surface area (Å²) in [4.78, 5) is 14.2. The van der Waals surface area contributed by atoms with E-state index in [1.54, 1.807) is 6.07 Å². The average Bonchev–Trinajstić information content (AvgIpc) is 2.48. The molecule has 0 aromatic heterocycles. The van der Waals surface area contributed by atoms with Gasteiger partial charge in [0.1, 0.15) is 0 Å². The molecule has 0 radical (unpaired) electrons. The third-order valence-electron chi connectivity index (χ3n) is 3.57. The van der Waals surface area contributed by atoms with Gasteiger partial charge in [-0.1, -0.05) is 19.1 Å². The van der Waals surface area contributed by atoms with E-state index >= 15 is 0 Å². The lowest BCUT2D eigenvalue weighted by atomic mass is 10.2. The van der Waals surface area contributed by atoms with Crippen LogP contribution in [0.2, 0.25) is 0 Å². The average molecular weight is 277 g/mol. The van der Waals surface area contributed by atoms with E-state index < -0.39 is 0 Å². The van der Waals surface area contributed by atoms with Gasteiger partial charge >= 0.3 is 0 Å². The van der Waals surface area contributed by atoms with E-state index in [4.69, 9.17) is 10.5 Å². The molecule has 1 heterocycles. The molecule has 20 heavy (non-hydrogen) atoms. The van der Waals surface area contributed by atoms with Gasteiger partial charge in [0.15, 0.2) is 0 Å². The minimum Gasteiger partial charge on any atom is -0.397 e. The molecule has 0 spiro atoms. The van der Waals surface area contributed by atoms with Crippen molar-refractivity contribution in [3.05, 3.63) is 24.3 Å². The van der Waals surface area contributed by atoms with Gasteiger partial charge in [0.25, 0.3) is 0 Å². The van der Waals surface area contributed by atoms with E-state index in [9.17, 15) is 4.79 Å². The number of nitrogen functional groups attached to an aromatic ring is 1. The van der Waals surface area contributed by atoms with Gasteiger partial charge < -0.3 is 15.8 Å². The summed E-state index contributed by atoms with van der Waals surface area (Å²) in [6.45, 7) is 5.46. The molecule has 0 aliphatic carbocycles. The van der Waals surface area contributed by atoms with Crippen molar-refractivity contribution in [1.82, 2.24) is 4.90 Å². The van der Waals surface area contributed by atoms with E-state index in [2.05, 4.69) is 17.1 Å². The summed E-state index contributed by atoms with van der Waals surface area (Å²) in [5.74, 6) is 0.00226. The molecule has 0 saturated carbocycles. The molecule has 2 rings (SSSR count). The Labute approximate surface area is 120 Å². The van der Waals surface area contributed by atoms with Crippen LogP contribution >= 0.6 is 0 Å². The lowest BCUT2D eigenvalue weighted by Crippen LogP contribution is -2.43. The number of hydrogen-bond donors (Lipinski definition) is 2. The van der Waals surface area contributed by atoms with E-state index in [1.165, 1.54) is 0 Å². The van der Waals surface area contributed by atoms with Gasteiger partial charge in [0, 0.05) is 26.1 Å². The summed E-state index contributed by atoms with van der Waals surface area (Å²) in [5.41, 5.74) is 7.08. The highest BCUT2D eigenvalue weighted by Crippen LogP contribution is 2.17. The highest BCUT2D eigenvalue weighted by atomic mass is 16.5. The number of rotatable bonds is 5. The summed E-state index contributed by atoms with van der Waals surface area (Å²) < 4.78 is 5.62. The van der Waals surface area contributed by atoms with Crippen LogP contribution in [0.25, 0.3) is 0 Å². The number of anilines is 2. The summed E-state index contributed by atoms with van der Waals surface area (Å²) in [6.07, 6.45) is 1.80. The Morgan fingerprint density at radius 2 is 2.30 bits per heavy atom. The highest BCUT2D eigenvalue weighted by molar-refractivity contribution is 5.93. The number of amides is 1. The van der Waals surface area contributed by atoms with Crippen molar-refractivity contribution < 1.29 is 9.53 Å². The predicted octanol–water partition coefficient (Wildman–Crippen LogP) is 1.71. The molecule has 3 N–H and O–H groups in total. The normalized spacial score (nSPS) is 19.8. The highest BCUT2D eigenvalue weighted by Gasteiger charge is 2.19. The molecule has 5 nitrogen and oxygen atoms in total. The van der Waals surface area contributed by atoms with Crippen molar-refractivity contribution in [1.29, 1.82) is 0 Å². The van der Waals surface area contributed by atoms with Crippen molar-refractivity contribution in [3.63, 3.8) is 0 Å². The monoisotopic (exact) mass is 277 g/mol. The quantitative estimate of drug-likeness (QED) is 0.804. The van der Waals surface area contributed by atoms with Gasteiger partial charge in [-0.2, -0.15) is 0 Å². The number of hydrogen-bond acceptors (Lipinski definition) is 4. The molecule has 1 aliphatic heterocycles. The molecular weight excluding hydrogens is 254 g/mol. The second kappa shape index (κ2) is 7.26. The van der Waals surface area contributed by atoms with Crippen LogP contribution in [-0.2, 0) is 9.53 Å². The van der Waals surface area contributed by atoms with Gasteiger partial charge in [-0.15, -0.1) is 0 Å². The molecule has 1 aromatic carbocycles. The number of carbonyl (C=O) groups is 1. The van der Waals surface area contributed by atoms with Crippen LogP contribution in [-0.4, -0.2) is 43.2 Å². The van der Waals surface area contributed by atoms with Crippen LogP contribution in [0, 0.1) is 0 Å². The van der Waals surface area contributed by atoms with E-state index in [-0.39, 0.29) is 5.91 Å². The first-order valence-corrected chi connectivity index (χ1v) is 7.17. The van der Waals surface area contributed by atoms with E-state index in [0.717, 1.165) is 32.7 Å². The van der Waals surface area contributed by atoms with E-state index in [0.29, 0.717) is 23.9 Å². The van der Waals surface area contributed by atoms with Gasteiger partial charge in [-0.3, -0.25) is 9.69 Å². The topological polar surface area (TPSA) is 67.6 Å². The summed E-state index contributed by atoms with van der Waals surface area (Å²) in [5, 5.41) is 2.85. The first-order chi connectivity index (χ1) is 9.69. The van der Waals surface area contributed by atoms with Gasteiger partial charge in [-0.05, 0) is 18.6 Å². The zero-order valence-corrected chi connectivity index (χ0v) is 12.0. The number of nitrogens with two attached hydrogens (primary N) is 1. The second-order valence-electron chi connectivity index (χ2n) is 5.09. The fraction of sp³-hybridized carbons (Fsp3) is 0.533. The molecule has 1 atom stereocenters. The van der Waals surface area contributed by atoms with Crippen LogP contribution < -0.4 is 11.1 Å². The molecule has 1 aliphatic rings. The molecule has 110 valence electrons. The maximum absolute atomic E-state index is 11.9. The molecular formula is C15H23N3O2. The summed E-state index contributed by atoms with van der Waals surface area (Å²) in [7, 11) is 0. The maximum atomic E-state index is 11.9. The molecule has 1 unspecified atom stereocenters. The molecule has 1 saturated heterocycles. The number of nitrogens with one attached hydrogen (secondary N) is 1. The Balaban J connectivity index is 1.76. The second-order valence-corrected chi connectivity index (χ2v) is 5.09. The Hall–Kier alpha value is -1.59. The minimum absolute atomic E-state index is 0.00226. The smallest absolute Gasteiger partial charge is 0.225 e. The third-order valence-corrected chi connectivity index (χ3v) is 3.57. The zero-order chi connectivity index (χ0) is 14.4. The first kappa shape index (κ1) is 14.8. The molecule has 5 heteroatoms. The van der Waals surface area contributed by atoms with Crippen molar-refractivity contribution in [2.24, 2.45) is 0 Å².